The number of thiocarbonyl (C=S) groups is 1. The van der Waals surface area contributed by atoms with Crippen LogP contribution in [-0.4, -0.2) is 39.4 Å². The van der Waals surface area contributed by atoms with Crippen LogP contribution in [0.15, 0.2) is 52.7 Å². The Morgan fingerprint density at radius 3 is 2.62 bits per heavy atom. The fourth-order valence-corrected chi connectivity index (χ4v) is 4.97. The number of aromatic nitrogens is 2. The molecule has 2 unspecified atom stereocenters. The van der Waals surface area contributed by atoms with Gasteiger partial charge in [0.05, 0.1) is 24.3 Å². The molecule has 6 nitrogen and oxygen atoms in total. The highest BCUT2D eigenvalue weighted by atomic mass is 35.5. The lowest BCUT2D eigenvalue weighted by Gasteiger charge is -2.38. The van der Waals surface area contributed by atoms with Crippen LogP contribution in [0.2, 0.25) is 5.02 Å². The zero-order valence-electron chi connectivity index (χ0n) is 19.5. The predicted molar refractivity (Wildman–Crippen MR) is 137 cm³/mol. The highest BCUT2D eigenvalue weighted by Gasteiger charge is 2.35. The fourth-order valence-electron chi connectivity index (χ4n) is 4.51. The topological polar surface area (TPSA) is 63.4 Å². The van der Waals surface area contributed by atoms with Crippen molar-refractivity contribution in [3.63, 3.8) is 0 Å². The van der Waals surface area contributed by atoms with Gasteiger partial charge in [-0.05, 0) is 86.8 Å². The monoisotopic (exact) mass is 494 g/mol. The van der Waals surface area contributed by atoms with E-state index < -0.39 is 0 Å². The summed E-state index contributed by atoms with van der Waals surface area (Å²) in [5.41, 5.74) is 6.32. The van der Waals surface area contributed by atoms with E-state index in [1.54, 1.807) is 0 Å². The van der Waals surface area contributed by atoms with Gasteiger partial charge >= 0.3 is 0 Å². The third-order valence-corrected chi connectivity index (χ3v) is 7.22. The van der Waals surface area contributed by atoms with Crippen LogP contribution < -0.4 is 5.32 Å². The number of aryl methyl sites for hydroxylation is 2. The first-order valence-electron chi connectivity index (χ1n) is 11.5. The Kier molecular flexibility index (Phi) is 6.42. The normalized spacial score (nSPS) is 20.7. The molecule has 2 aromatic carbocycles. The summed E-state index contributed by atoms with van der Waals surface area (Å²) in [6.45, 7) is 7.79. The van der Waals surface area contributed by atoms with Crippen LogP contribution in [0.5, 0.6) is 0 Å². The molecule has 1 fully saturated rings. The quantitative estimate of drug-likeness (QED) is 0.446. The molecule has 2 aliphatic rings. The molecule has 1 aromatic heterocycles. The van der Waals surface area contributed by atoms with E-state index in [1.807, 2.05) is 24.3 Å². The van der Waals surface area contributed by atoms with Crippen LogP contribution >= 0.6 is 23.8 Å². The molecule has 1 N–H and O–H groups in total. The van der Waals surface area contributed by atoms with Crippen molar-refractivity contribution in [3.8, 4) is 11.4 Å². The van der Waals surface area contributed by atoms with Gasteiger partial charge in [-0.15, -0.1) is 0 Å². The van der Waals surface area contributed by atoms with Gasteiger partial charge < -0.3 is 19.5 Å². The van der Waals surface area contributed by atoms with Gasteiger partial charge in [0, 0.05) is 22.9 Å². The van der Waals surface area contributed by atoms with E-state index in [2.05, 4.69) is 54.3 Å². The van der Waals surface area contributed by atoms with E-state index in [0.29, 0.717) is 28.4 Å². The number of ether oxygens (including phenoxy) is 1. The average molecular weight is 495 g/mol. The van der Waals surface area contributed by atoms with Crippen LogP contribution in [0.25, 0.3) is 17.0 Å². The van der Waals surface area contributed by atoms with Crippen LogP contribution in [0.3, 0.4) is 0 Å². The molecule has 34 heavy (non-hydrogen) atoms. The smallest absolute Gasteiger partial charge is 0.258 e. The second kappa shape index (κ2) is 9.49. The van der Waals surface area contributed by atoms with Gasteiger partial charge in [-0.3, -0.25) is 0 Å². The summed E-state index contributed by atoms with van der Waals surface area (Å²) < 4.78 is 11.7. The van der Waals surface area contributed by atoms with Crippen molar-refractivity contribution in [3.05, 3.63) is 75.8 Å². The van der Waals surface area contributed by atoms with Gasteiger partial charge in [-0.25, -0.2) is 0 Å². The molecule has 5 rings (SSSR count). The Hall–Kier alpha value is -2.74. The summed E-state index contributed by atoms with van der Waals surface area (Å²) in [6.07, 6.45) is 2.26. The number of hydrogen-bond acceptors (Lipinski definition) is 5. The first kappa shape index (κ1) is 23.0. The molecule has 3 heterocycles. The molecule has 3 aromatic rings. The lowest BCUT2D eigenvalue weighted by atomic mass is 9.92. The fraction of sp³-hybridized carbons (Fsp3) is 0.346. The molecule has 0 saturated carbocycles. The standard InChI is InChI=1S/C26H27ClN4O2S/c1-15-6-7-19(13-16(15)2)23-22(17(3)31(26(34)28-23)14-21-5-4-12-32-21)25-29-24(30-33-25)18-8-10-20(27)11-9-18/h6-11,13,21,23H,4-5,12,14H2,1-3H3,(H,28,34). The van der Waals surface area contributed by atoms with Crippen molar-refractivity contribution in [1.29, 1.82) is 0 Å². The average Bonchev–Trinajstić information content (AvgIpc) is 3.51. The summed E-state index contributed by atoms with van der Waals surface area (Å²) >= 11 is 11.9. The zero-order valence-corrected chi connectivity index (χ0v) is 21.0. The molecule has 0 amide bonds. The number of benzene rings is 2. The SMILES string of the molecule is CC1=C(c2nc(-c3ccc(Cl)cc3)no2)C(c2ccc(C)c(C)c2)NC(=S)N1CC1CCCO1. The molecule has 0 aliphatic carbocycles. The number of hydrogen-bond donors (Lipinski definition) is 1. The summed E-state index contributed by atoms with van der Waals surface area (Å²) in [7, 11) is 0. The molecule has 2 atom stereocenters. The summed E-state index contributed by atoms with van der Waals surface area (Å²) in [5.74, 6) is 0.989. The number of halogens is 1. The number of nitrogens with zero attached hydrogens (tertiary/aromatic N) is 3. The maximum atomic E-state index is 6.05. The molecule has 176 valence electrons. The first-order valence-corrected chi connectivity index (χ1v) is 12.3. The molecule has 0 radical (unpaired) electrons. The summed E-state index contributed by atoms with van der Waals surface area (Å²) in [4.78, 5) is 6.87. The minimum Gasteiger partial charge on any atom is -0.376 e. The zero-order chi connectivity index (χ0) is 23.8. The Labute approximate surface area is 209 Å². The maximum absolute atomic E-state index is 6.05. The van der Waals surface area contributed by atoms with Crippen molar-refractivity contribution in [2.45, 2.75) is 45.8 Å². The van der Waals surface area contributed by atoms with Gasteiger partial charge in [0.25, 0.3) is 5.89 Å². The van der Waals surface area contributed by atoms with Crippen molar-refractivity contribution in [2.75, 3.05) is 13.2 Å². The van der Waals surface area contributed by atoms with E-state index in [0.717, 1.165) is 41.8 Å². The molecule has 0 spiro atoms. The minimum atomic E-state index is -0.203. The van der Waals surface area contributed by atoms with E-state index in [-0.39, 0.29) is 12.1 Å². The highest BCUT2D eigenvalue weighted by Crippen LogP contribution is 2.38. The van der Waals surface area contributed by atoms with Crippen LogP contribution in [-0.2, 0) is 4.74 Å². The second-order valence-corrected chi connectivity index (χ2v) is 9.72. The first-order chi connectivity index (χ1) is 16.4. The number of nitrogens with one attached hydrogen (secondary N) is 1. The molecule has 2 aliphatic heterocycles. The molecular formula is C26H27ClN4O2S. The Morgan fingerprint density at radius 2 is 1.91 bits per heavy atom. The Morgan fingerprint density at radius 1 is 1.12 bits per heavy atom. The van der Waals surface area contributed by atoms with Crippen LogP contribution in [0, 0.1) is 13.8 Å². The predicted octanol–water partition coefficient (Wildman–Crippen LogP) is 5.85. The van der Waals surface area contributed by atoms with Crippen LogP contribution in [0.1, 0.15) is 48.4 Å². The lowest BCUT2D eigenvalue weighted by Crippen LogP contribution is -2.48. The number of allylic oxidation sites excluding steroid dienone is 1. The van der Waals surface area contributed by atoms with Gasteiger partial charge in [0.1, 0.15) is 0 Å². The van der Waals surface area contributed by atoms with E-state index in [9.17, 15) is 0 Å². The second-order valence-electron chi connectivity index (χ2n) is 8.90. The Balaban J connectivity index is 1.58. The van der Waals surface area contributed by atoms with Gasteiger partial charge in [0.2, 0.25) is 5.82 Å². The van der Waals surface area contributed by atoms with E-state index in [1.165, 1.54) is 11.1 Å². The van der Waals surface area contributed by atoms with Crippen LogP contribution in [0.4, 0.5) is 0 Å². The van der Waals surface area contributed by atoms with Crippen molar-refractivity contribution >= 4 is 34.5 Å². The van der Waals surface area contributed by atoms with Gasteiger partial charge in [0.15, 0.2) is 5.11 Å². The third kappa shape index (κ3) is 4.48. The van der Waals surface area contributed by atoms with Gasteiger partial charge in [-0.1, -0.05) is 35.0 Å². The Bertz CT molecular complexity index is 1250. The minimum absolute atomic E-state index is 0.154. The van der Waals surface area contributed by atoms with E-state index in [4.69, 9.17) is 38.1 Å². The molecule has 1 saturated heterocycles. The van der Waals surface area contributed by atoms with Crippen molar-refractivity contribution in [1.82, 2.24) is 20.4 Å². The van der Waals surface area contributed by atoms with Crippen molar-refractivity contribution in [2.24, 2.45) is 0 Å². The lowest BCUT2D eigenvalue weighted by molar-refractivity contribution is 0.0962. The summed E-state index contributed by atoms with van der Waals surface area (Å²) in [5, 5.41) is 9.14. The summed E-state index contributed by atoms with van der Waals surface area (Å²) in [6, 6.07) is 13.7. The maximum Gasteiger partial charge on any atom is 0.258 e. The van der Waals surface area contributed by atoms with Gasteiger partial charge in [-0.2, -0.15) is 4.98 Å². The van der Waals surface area contributed by atoms with E-state index >= 15 is 0 Å². The van der Waals surface area contributed by atoms with Crippen molar-refractivity contribution < 1.29 is 9.26 Å². The largest absolute Gasteiger partial charge is 0.376 e. The molecular weight excluding hydrogens is 468 g/mol. The molecule has 0 bridgehead atoms. The number of rotatable bonds is 5. The molecule has 8 heteroatoms. The highest BCUT2D eigenvalue weighted by molar-refractivity contribution is 7.80. The third-order valence-electron chi connectivity index (χ3n) is 6.63.